The molecule has 0 saturated heterocycles. The van der Waals surface area contributed by atoms with E-state index in [0.717, 1.165) is 24.8 Å². The monoisotopic (exact) mass is 374 g/mol. The van der Waals surface area contributed by atoms with Gasteiger partial charge in [-0.25, -0.2) is 13.1 Å². The van der Waals surface area contributed by atoms with Crippen LogP contribution >= 0.6 is 15.9 Å². The molecule has 0 radical (unpaired) electrons. The molecular weight excluding hydrogens is 352 g/mol. The first-order chi connectivity index (χ1) is 9.83. The maximum Gasteiger partial charge on any atom is 0.241 e. The van der Waals surface area contributed by atoms with E-state index >= 15 is 0 Å². The van der Waals surface area contributed by atoms with Gasteiger partial charge < -0.3 is 5.73 Å². The van der Waals surface area contributed by atoms with E-state index in [9.17, 15) is 8.42 Å². The standard InChI is InChI=1S/C15H23BrN2O2S/c1-10-3-5-13(7-11(10)2)18-21(19,20)15-8-12(9-17)4-6-14(15)16/h4,6,8,10-11,13,18H,3,5,7,9,17H2,1-2H3. The molecule has 3 N–H and O–H groups in total. The van der Waals surface area contributed by atoms with Crippen molar-refractivity contribution < 1.29 is 8.42 Å². The van der Waals surface area contributed by atoms with Crippen LogP contribution in [0, 0.1) is 11.8 Å². The number of hydrogen-bond acceptors (Lipinski definition) is 3. The molecule has 0 aromatic heterocycles. The number of rotatable bonds is 4. The Morgan fingerprint density at radius 1 is 1.29 bits per heavy atom. The number of benzene rings is 1. The summed E-state index contributed by atoms with van der Waals surface area (Å²) in [5, 5.41) is 0. The largest absolute Gasteiger partial charge is 0.326 e. The van der Waals surface area contributed by atoms with Gasteiger partial charge in [0.25, 0.3) is 0 Å². The van der Waals surface area contributed by atoms with Gasteiger partial charge in [-0.3, -0.25) is 0 Å². The molecule has 1 aliphatic rings. The Balaban J connectivity index is 2.19. The first-order valence-corrected chi connectivity index (χ1v) is 9.62. The highest BCUT2D eigenvalue weighted by atomic mass is 79.9. The van der Waals surface area contributed by atoms with Crippen molar-refractivity contribution in [1.29, 1.82) is 0 Å². The first-order valence-electron chi connectivity index (χ1n) is 7.34. The van der Waals surface area contributed by atoms with Crippen molar-refractivity contribution in [2.24, 2.45) is 17.6 Å². The third-order valence-electron chi connectivity index (χ3n) is 4.44. The minimum atomic E-state index is -3.52. The highest BCUT2D eigenvalue weighted by Gasteiger charge is 2.29. The molecule has 0 heterocycles. The lowest BCUT2D eigenvalue weighted by molar-refractivity contribution is 0.242. The van der Waals surface area contributed by atoms with E-state index in [0.29, 0.717) is 22.9 Å². The van der Waals surface area contributed by atoms with Gasteiger partial charge in [-0.2, -0.15) is 0 Å². The molecule has 0 spiro atoms. The highest BCUT2D eigenvalue weighted by Crippen LogP contribution is 2.31. The third kappa shape index (κ3) is 4.06. The van der Waals surface area contributed by atoms with Gasteiger partial charge in [0.1, 0.15) is 0 Å². The lowest BCUT2D eigenvalue weighted by Crippen LogP contribution is -2.39. The second-order valence-electron chi connectivity index (χ2n) is 6.05. The van der Waals surface area contributed by atoms with E-state index in [1.165, 1.54) is 0 Å². The normalized spacial score (nSPS) is 26.8. The van der Waals surface area contributed by atoms with Crippen LogP contribution in [0.25, 0.3) is 0 Å². The average molecular weight is 375 g/mol. The number of sulfonamides is 1. The summed E-state index contributed by atoms with van der Waals surface area (Å²) in [4.78, 5) is 0.275. The maximum absolute atomic E-state index is 12.6. The Bertz CT molecular complexity index is 604. The molecule has 1 aromatic carbocycles. The summed E-state index contributed by atoms with van der Waals surface area (Å²) in [5.74, 6) is 1.21. The van der Waals surface area contributed by atoms with Crippen LogP contribution in [-0.4, -0.2) is 14.5 Å². The van der Waals surface area contributed by atoms with Crippen molar-refractivity contribution >= 4 is 26.0 Å². The molecular formula is C15H23BrN2O2S. The van der Waals surface area contributed by atoms with Crippen LogP contribution in [0.4, 0.5) is 0 Å². The second-order valence-corrected chi connectivity index (χ2v) is 8.59. The zero-order valence-corrected chi connectivity index (χ0v) is 14.9. The van der Waals surface area contributed by atoms with Crippen molar-refractivity contribution in [1.82, 2.24) is 4.72 Å². The summed E-state index contributed by atoms with van der Waals surface area (Å²) >= 11 is 3.32. The van der Waals surface area contributed by atoms with Gasteiger partial charge in [0.2, 0.25) is 10.0 Å². The van der Waals surface area contributed by atoms with E-state index in [-0.39, 0.29) is 10.9 Å². The van der Waals surface area contributed by atoms with Crippen molar-refractivity contribution in [2.75, 3.05) is 0 Å². The first kappa shape index (κ1) is 16.9. The van der Waals surface area contributed by atoms with E-state index < -0.39 is 10.0 Å². The Morgan fingerprint density at radius 3 is 2.62 bits per heavy atom. The quantitative estimate of drug-likeness (QED) is 0.850. The van der Waals surface area contributed by atoms with Crippen molar-refractivity contribution in [2.45, 2.75) is 50.6 Å². The van der Waals surface area contributed by atoms with Crippen LogP contribution in [0.2, 0.25) is 0 Å². The zero-order valence-electron chi connectivity index (χ0n) is 12.5. The topological polar surface area (TPSA) is 72.2 Å². The summed E-state index contributed by atoms with van der Waals surface area (Å²) in [6, 6.07) is 5.23. The minimum absolute atomic E-state index is 0.0228. The Hall–Kier alpha value is -0.430. The van der Waals surface area contributed by atoms with Gasteiger partial charge >= 0.3 is 0 Å². The summed E-state index contributed by atoms with van der Waals surface area (Å²) in [6.07, 6.45) is 2.87. The van der Waals surface area contributed by atoms with Gasteiger partial charge in [-0.1, -0.05) is 19.9 Å². The van der Waals surface area contributed by atoms with Crippen LogP contribution in [-0.2, 0) is 16.6 Å². The molecule has 1 saturated carbocycles. The van der Waals surface area contributed by atoms with Crippen LogP contribution in [0.1, 0.15) is 38.7 Å². The summed E-state index contributed by atoms with van der Waals surface area (Å²) in [7, 11) is -3.52. The fraction of sp³-hybridized carbons (Fsp3) is 0.600. The lowest BCUT2D eigenvalue weighted by Gasteiger charge is -2.32. The third-order valence-corrected chi connectivity index (χ3v) is 6.96. The zero-order chi connectivity index (χ0) is 15.6. The lowest BCUT2D eigenvalue weighted by atomic mass is 9.79. The van der Waals surface area contributed by atoms with Crippen molar-refractivity contribution in [3.05, 3.63) is 28.2 Å². The molecule has 2 rings (SSSR count). The highest BCUT2D eigenvalue weighted by molar-refractivity contribution is 9.10. The molecule has 1 fully saturated rings. The van der Waals surface area contributed by atoms with Gasteiger partial charge in [0, 0.05) is 17.1 Å². The van der Waals surface area contributed by atoms with Crippen molar-refractivity contribution in [3.63, 3.8) is 0 Å². The van der Waals surface area contributed by atoms with E-state index in [2.05, 4.69) is 34.5 Å². The fourth-order valence-corrected chi connectivity index (χ4v) is 5.12. The molecule has 4 nitrogen and oxygen atoms in total. The van der Waals surface area contributed by atoms with Crippen LogP contribution < -0.4 is 10.5 Å². The van der Waals surface area contributed by atoms with Crippen molar-refractivity contribution in [3.8, 4) is 0 Å². The summed E-state index contributed by atoms with van der Waals surface area (Å²) in [6.45, 7) is 4.75. The predicted octanol–water partition coefficient (Wildman–Crippen LogP) is 3.01. The van der Waals surface area contributed by atoms with Gasteiger partial charge in [0.15, 0.2) is 0 Å². The molecule has 3 atom stereocenters. The van der Waals surface area contributed by atoms with Crippen LogP contribution in [0.15, 0.2) is 27.6 Å². The number of nitrogens with one attached hydrogen (secondary N) is 1. The number of halogens is 1. The minimum Gasteiger partial charge on any atom is -0.326 e. The molecule has 0 bridgehead atoms. The maximum atomic E-state index is 12.6. The average Bonchev–Trinajstić information content (AvgIpc) is 2.43. The number of hydrogen-bond donors (Lipinski definition) is 2. The van der Waals surface area contributed by atoms with Crippen LogP contribution in [0.5, 0.6) is 0 Å². The van der Waals surface area contributed by atoms with E-state index in [4.69, 9.17) is 5.73 Å². The Kier molecular flexibility index (Phi) is 5.46. The molecule has 1 aromatic rings. The van der Waals surface area contributed by atoms with E-state index in [1.807, 2.05) is 6.07 Å². The molecule has 1 aliphatic carbocycles. The van der Waals surface area contributed by atoms with E-state index in [1.54, 1.807) is 12.1 Å². The second kappa shape index (κ2) is 6.77. The fourth-order valence-electron chi connectivity index (χ4n) is 2.82. The Labute approximate surface area is 135 Å². The molecule has 0 amide bonds. The van der Waals surface area contributed by atoms with Gasteiger partial charge in [-0.15, -0.1) is 0 Å². The Morgan fingerprint density at radius 2 is 2.00 bits per heavy atom. The number of nitrogens with two attached hydrogens (primary N) is 1. The van der Waals surface area contributed by atoms with Gasteiger partial charge in [-0.05, 0) is 64.7 Å². The van der Waals surface area contributed by atoms with Crippen LogP contribution in [0.3, 0.4) is 0 Å². The summed E-state index contributed by atoms with van der Waals surface area (Å²) in [5.41, 5.74) is 6.41. The summed E-state index contributed by atoms with van der Waals surface area (Å²) < 4.78 is 28.6. The molecule has 6 heteroatoms. The molecule has 21 heavy (non-hydrogen) atoms. The molecule has 3 unspecified atom stereocenters. The van der Waals surface area contributed by atoms with Gasteiger partial charge in [0.05, 0.1) is 4.90 Å². The predicted molar refractivity (Wildman–Crippen MR) is 88.3 cm³/mol. The smallest absolute Gasteiger partial charge is 0.241 e. The SMILES string of the molecule is CC1CCC(NS(=O)(=O)c2cc(CN)ccc2Br)CC1C. The molecule has 118 valence electrons. The molecule has 0 aliphatic heterocycles.